The van der Waals surface area contributed by atoms with Gasteiger partial charge in [0, 0.05) is 25.7 Å². The summed E-state index contributed by atoms with van der Waals surface area (Å²) >= 11 is 0. The number of likely N-dealkylation sites (N-methyl/N-ethyl adjacent to an activating group) is 1. The second-order valence-electron chi connectivity index (χ2n) is 8.52. The summed E-state index contributed by atoms with van der Waals surface area (Å²) in [5, 5.41) is 10.6. The topological polar surface area (TPSA) is 128 Å². The molecule has 2 heterocycles. The molecule has 1 amide bonds. The number of amides is 1. The Morgan fingerprint density at radius 1 is 1.20 bits per heavy atom. The first kappa shape index (κ1) is 24.5. The Morgan fingerprint density at radius 2 is 1.91 bits per heavy atom. The smallest absolute Gasteiger partial charge is 0.347 e. The van der Waals surface area contributed by atoms with E-state index in [0.717, 1.165) is 9.25 Å². The highest BCUT2D eigenvalue weighted by atomic mass is 19.1. The number of hydrogen-bond donors (Lipinski definition) is 1. The zero-order valence-electron chi connectivity index (χ0n) is 19.7. The fourth-order valence-corrected chi connectivity index (χ4v) is 4.22. The van der Waals surface area contributed by atoms with Crippen LogP contribution in [0.3, 0.4) is 0 Å². The Bertz CT molecular complexity index is 1290. The molecule has 0 radical (unpaired) electrons. The first-order chi connectivity index (χ1) is 16.9. The van der Waals surface area contributed by atoms with Crippen molar-refractivity contribution in [1.29, 1.82) is 0 Å². The van der Waals surface area contributed by atoms with Gasteiger partial charge in [0.05, 0.1) is 5.69 Å². The third kappa shape index (κ3) is 5.37. The van der Waals surface area contributed by atoms with Gasteiger partial charge in [-0.1, -0.05) is 24.4 Å². The van der Waals surface area contributed by atoms with Gasteiger partial charge in [0.2, 0.25) is 5.82 Å². The molecule has 35 heavy (non-hydrogen) atoms. The number of carbonyl (C=O) groups excluding carboxylic acids is 1. The van der Waals surface area contributed by atoms with Gasteiger partial charge in [-0.05, 0) is 51.1 Å². The lowest BCUT2D eigenvalue weighted by Gasteiger charge is -2.31. The fourth-order valence-electron chi connectivity index (χ4n) is 4.22. The summed E-state index contributed by atoms with van der Waals surface area (Å²) in [6.45, 7) is 2.78. The standard InChI is InChI=1S/C23H28FN7O4/c1-3-30-22(33)18(27-31(23(30)34)17-11-9-15(24)10-12-17)19-26-21(35-28-19)20(32)25-13-14-29(2)16-7-5-4-6-8-16/h9-12,16H,3-8,13-14H2,1-2H3,(H,25,32). The van der Waals surface area contributed by atoms with E-state index in [9.17, 15) is 18.8 Å². The first-order valence-electron chi connectivity index (χ1n) is 11.7. The van der Waals surface area contributed by atoms with Crippen LogP contribution in [0.4, 0.5) is 4.39 Å². The quantitative estimate of drug-likeness (QED) is 0.510. The van der Waals surface area contributed by atoms with Crippen molar-refractivity contribution in [2.24, 2.45) is 0 Å². The van der Waals surface area contributed by atoms with Crippen LogP contribution in [0.25, 0.3) is 17.2 Å². The third-order valence-electron chi connectivity index (χ3n) is 6.23. The number of carbonyl (C=O) groups is 1. The molecule has 12 heteroatoms. The summed E-state index contributed by atoms with van der Waals surface area (Å²) in [4.78, 5) is 44.3. The molecule has 3 aromatic rings. The van der Waals surface area contributed by atoms with Gasteiger partial charge in [-0.25, -0.2) is 9.18 Å². The highest BCUT2D eigenvalue weighted by Crippen LogP contribution is 2.21. The van der Waals surface area contributed by atoms with Crippen LogP contribution >= 0.6 is 0 Å². The lowest BCUT2D eigenvalue weighted by atomic mass is 9.94. The molecular formula is C23H28FN7O4. The van der Waals surface area contributed by atoms with Gasteiger partial charge in [0.1, 0.15) is 5.82 Å². The Hall–Kier alpha value is -3.67. The summed E-state index contributed by atoms with van der Waals surface area (Å²) in [6.07, 6.45) is 6.07. The minimum Gasteiger partial charge on any atom is -0.347 e. The molecule has 0 unspecified atom stereocenters. The van der Waals surface area contributed by atoms with Gasteiger partial charge >= 0.3 is 17.5 Å². The summed E-state index contributed by atoms with van der Waals surface area (Å²) in [7, 11) is 2.05. The molecule has 1 aromatic carbocycles. The summed E-state index contributed by atoms with van der Waals surface area (Å²) in [6, 6.07) is 5.59. The van der Waals surface area contributed by atoms with Crippen LogP contribution in [-0.4, -0.2) is 61.5 Å². The van der Waals surface area contributed by atoms with Crippen molar-refractivity contribution in [2.45, 2.75) is 51.6 Å². The Labute approximate surface area is 200 Å². The highest BCUT2D eigenvalue weighted by molar-refractivity contribution is 5.89. The highest BCUT2D eigenvalue weighted by Gasteiger charge is 2.23. The minimum absolute atomic E-state index is 0.0636. The number of nitrogens with one attached hydrogen (secondary N) is 1. The molecule has 186 valence electrons. The van der Waals surface area contributed by atoms with Crippen molar-refractivity contribution in [1.82, 2.24) is 34.7 Å². The fraction of sp³-hybridized carbons (Fsp3) is 0.478. The number of aromatic nitrogens is 5. The molecule has 2 aromatic heterocycles. The largest absolute Gasteiger partial charge is 0.352 e. The van der Waals surface area contributed by atoms with Gasteiger partial charge in [-0.15, -0.1) is 0 Å². The molecule has 11 nitrogen and oxygen atoms in total. The lowest BCUT2D eigenvalue weighted by Crippen LogP contribution is -2.41. The van der Waals surface area contributed by atoms with Crippen molar-refractivity contribution in [3.63, 3.8) is 0 Å². The number of benzene rings is 1. The van der Waals surface area contributed by atoms with E-state index >= 15 is 0 Å². The van der Waals surface area contributed by atoms with Crippen LogP contribution in [0.15, 0.2) is 38.4 Å². The molecule has 4 rings (SSSR count). The van der Waals surface area contributed by atoms with Gasteiger partial charge in [0.25, 0.3) is 5.56 Å². The predicted molar refractivity (Wildman–Crippen MR) is 125 cm³/mol. The number of halogens is 1. The van der Waals surface area contributed by atoms with E-state index in [2.05, 4.69) is 25.5 Å². The normalized spacial score (nSPS) is 14.4. The summed E-state index contributed by atoms with van der Waals surface area (Å²) in [5.41, 5.74) is -1.44. The SMILES string of the molecule is CCn1c(=O)c(-c2noc(C(=O)NCCN(C)C3CCCCC3)n2)nn(-c2ccc(F)cc2)c1=O. The van der Waals surface area contributed by atoms with E-state index in [1.54, 1.807) is 6.92 Å². The zero-order valence-corrected chi connectivity index (χ0v) is 19.7. The van der Waals surface area contributed by atoms with Gasteiger partial charge in [-0.3, -0.25) is 14.2 Å². The average Bonchev–Trinajstić information content (AvgIpc) is 3.36. The van der Waals surface area contributed by atoms with Crippen molar-refractivity contribution in [2.75, 3.05) is 20.1 Å². The lowest BCUT2D eigenvalue weighted by molar-refractivity contribution is 0.0901. The van der Waals surface area contributed by atoms with Crippen LogP contribution in [0.5, 0.6) is 0 Å². The number of hydrogen-bond acceptors (Lipinski definition) is 8. The van der Waals surface area contributed by atoms with Crippen molar-refractivity contribution in [3.05, 3.63) is 56.8 Å². The molecule has 1 N–H and O–H groups in total. The van der Waals surface area contributed by atoms with E-state index in [-0.39, 0.29) is 29.6 Å². The molecule has 0 spiro atoms. The van der Waals surface area contributed by atoms with Crippen LogP contribution in [-0.2, 0) is 6.54 Å². The van der Waals surface area contributed by atoms with Gasteiger partial charge in [0.15, 0.2) is 5.69 Å². The van der Waals surface area contributed by atoms with E-state index < -0.39 is 23.0 Å². The number of rotatable bonds is 8. The monoisotopic (exact) mass is 485 g/mol. The van der Waals surface area contributed by atoms with Gasteiger partial charge in [-0.2, -0.15) is 14.8 Å². The second-order valence-corrected chi connectivity index (χ2v) is 8.52. The Balaban J connectivity index is 1.51. The van der Waals surface area contributed by atoms with Gasteiger partial charge < -0.3 is 14.7 Å². The molecule has 0 bridgehead atoms. The summed E-state index contributed by atoms with van der Waals surface area (Å²) < 4.78 is 20.3. The van der Waals surface area contributed by atoms with E-state index in [1.807, 2.05) is 7.05 Å². The molecule has 0 aliphatic heterocycles. The van der Waals surface area contributed by atoms with Crippen LogP contribution in [0.2, 0.25) is 0 Å². The molecule has 0 saturated heterocycles. The Morgan fingerprint density at radius 3 is 2.60 bits per heavy atom. The second kappa shape index (κ2) is 10.7. The molecule has 1 saturated carbocycles. The van der Waals surface area contributed by atoms with Crippen LogP contribution < -0.4 is 16.6 Å². The van der Waals surface area contributed by atoms with E-state index in [1.165, 1.54) is 56.4 Å². The maximum absolute atomic E-state index is 13.3. The Kier molecular flexibility index (Phi) is 7.49. The summed E-state index contributed by atoms with van der Waals surface area (Å²) in [5.74, 6) is -1.59. The first-order valence-corrected chi connectivity index (χ1v) is 11.7. The van der Waals surface area contributed by atoms with Crippen molar-refractivity contribution >= 4 is 5.91 Å². The van der Waals surface area contributed by atoms with E-state index in [0.29, 0.717) is 19.1 Å². The minimum atomic E-state index is -0.724. The molecule has 1 aliphatic carbocycles. The van der Waals surface area contributed by atoms with Crippen molar-refractivity contribution < 1.29 is 13.7 Å². The maximum atomic E-state index is 13.3. The average molecular weight is 486 g/mol. The maximum Gasteiger partial charge on any atom is 0.352 e. The third-order valence-corrected chi connectivity index (χ3v) is 6.23. The van der Waals surface area contributed by atoms with Crippen LogP contribution in [0, 0.1) is 5.82 Å². The molecule has 1 aliphatic rings. The molecular weight excluding hydrogens is 457 g/mol. The predicted octanol–water partition coefficient (Wildman–Crippen LogP) is 1.60. The van der Waals surface area contributed by atoms with E-state index in [4.69, 9.17) is 4.52 Å². The van der Waals surface area contributed by atoms with Crippen molar-refractivity contribution in [3.8, 4) is 17.2 Å². The number of nitrogens with zero attached hydrogens (tertiary/aromatic N) is 6. The molecule has 1 fully saturated rings. The molecule has 0 atom stereocenters. The van der Waals surface area contributed by atoms with Crippen LogP contribution in [0.1, 0.15) is 49.7 Å². The zero-order chi connectivity index (χ0) is 24.9.